The summed E-state index contributed by atoms with van der Waals surface area (Å²) >= 11 is 0. The van der Waals surface area contributed by atoms with Gasteiger partial charge in [-0.15, -0.1) is 0 Å². The van der Waals surface area contributed by atoms with E-state index in [-0.39, 0.29) is 11.5 Å². The summed E-state index contributed by atoms with van der Waals surface area (Å²) in [5.41, 5.74) is 5.29. The molecule has 0 saturated carbocycles. The summed E-state index contributed by atoms with van der Waals surface area (Å²) < 4.78 is 6.97. The molecule has 0 radical (unpaired) electrons. The third-order valence-electron chi connectivity index (χ3n) is 5.36. The molecule has 3 aromatic rings. The first kappa shape index (κ1) is 19.7. The van der Waals surface area contributed by atoms with Crippen molar-refractivity contribution >= 4 is 12.0 Å². The molecule has 30 heavy (non-hydrogen) atoms. The van der Waals surface area contributed by atoms with Gasteiger partial charge in [-0.3, -0.25) is 9.59 Å². The Morgan fingerprint density at radius 3 is 2.60 bits per heavy atom. The number of carbonyl (C=O) groups is 1. The van der Waals surface area contributed by atoms with Crippen LogP contribution in [0.15, 0.2) is 65.6 Å². The van der Waals surface area contributed by atoms with Crippen LogP contribution in [0.25, 0.3) is 17.2 Å². The molecule has 0 saturated heterocycles. The number of allylic oxidation sites excluding steroid dienone is 1. The van der Waals surface area contributed by atoms with Gasteiger partial charge >= 0.3 is 0 Å². The smallest absolute Gasteiger partial charge is 0.255 e. The van der Waals surface area contributed by atoms with Crippen molar-refractivity contribution in [2.75, 3.05) is 21.2 Å². The molecule has 0 bridgehead atoms. The zero-order valence-electron chi connectivity index (χ0n) is 17.4. The maximum Gasteiger partial charge on any atom is 0.255 e. The Kier molecular flexibility index (Phi) is 5.27. The summed E-state index contributed by atoms with van der Waals surface area (Å²) in [7, 11) is 5.11. The molecule has 0 N–H and O–H groups in total. The van der Waals surface area contributed by atoms with Crippen molar-refractivity contribution in [3.63, 3.8) is 0 Å². The van der Waals surface area contributed by atoms with Crippen molar-refractivity contribution in [2.24, 2.45) is 0 Å². The lowest BCUT2D eigenvalue weighted by atomic mass is 9.97. The van der Waals surface area contributed by atoms with Crippen LogP contribution in [0.5, 0.6) is 5.75 Å². The Bertz CT molecular complexity index is 1190. The zero-order chi connectivity index (χ0) is 21.3. The molecule has 1 aliphatic rings. The largest absolute Gasteiger partial charge is 0.497 e. The van der Waals surface area contributed by atoms with Gasteiger partial charge in [0.1, 0.15) is 5.75 Å². The lowest BCUT2D eigenvalue weighted by molar-refractivity contribution is 0.0827. The molecule has 0 aliphatic heterocycles. The third-order valence-corrected chi connectivity index (χ3v) is 5.36. The lowest BCUT2D eigenvalue weighted by Gasteiger charge is -2.15. The van der Waals surface area contributed by atoms with E-state index >= 15 is 0 Å². The second kappa shape index (κ2) is 8.03. The monoisotopic (exact) mass is 400 g/mol. The maximum atomic E-state index is 13.1. The van der Waals surface area contributed by atoms with Gasteiger partial charge in [-0.05, 0) is 47.4 Å². The van der Waals surface area contributed by atoms with Crippen LogP contribution in [0.4, 0.5) is 0 Å². The molecule has 1 heterocycles. The number of pyridine rings is 1. The van der Waals surface area contributed by atoms with E-state index in [1.165, 1.54) is 0 Å². The average Bonchev–Trinajstić information content (AvgIpc) is 3.26. The fourth-order valence-corrected chi connectivity index (χ4v) is 3.77. The molecule has 0 fully saturated rings. The first-order valence-corrected chi connectivity index (χ1v) is 9.86. The van der Waals surface area contributed by atoms with Crippen molar-refractivity contribution in [1.29, 1.82) is 0 Å². The standard InChI is InChI=1S/C25H24N2O3/c1-26(2)24(28)19-7-4-6-18(14-19)23-16-27(25(29)22-9-5-8-21(22)23)15-17-10-12-20(30-3)13-11-17/h4-8,10-14,16H,9,15H2,1-3H3. The lowest BCUT2D eigenvalue weighted by Crippen LogP contribution is -2.24. The Balaban J connectivity index is 1.79. The number of fused-ring (bicyclic) bond motifs is 1. The molecule has 4 rings (SSSR count). The normalized spacial score (nSPS) is 12.0. The topological polar surface area (TPSA) is 51.5 Å². The number of amides is 1. The fraction of sp³-hybridized carbons (Fsp3) is 0.200. The highest BCUT2D eigenvalue weighted by Gasteiger charge is 2.19. The molecule has 1 aromatic heterocycles. The van der Waals surface area contributed by atoms with Crippen LogP contribution in [0.2, 0.25) is 0 Å². The van der Waals surface area contributed by atoms with Crippen molar-refractivity contribution in [3.05, 3.63) is 93.4 Å². The summed E-state index contributed by atoms with van der Waals surface area (Å²) in [5.74, 6) is 0.739. The highest BCUT2D eigenvalue weighted by atomic mass is 16.5. The molecule has 5 heteroatoms. The Hall–Kier alpha value is -3.60. The van der Waals surface area contributed by atoms with E-state index in [2.05, 4.69) is 0 Å². The summed E-state index contributed by atoms with van der Waals surface area (Å²) in [6.45, 7) is 0.472. The van der Waals surface area contributed by atoms with Crippen LogP contribution in [0, 0.1) is 0 Å². The fourth-order valence-electron chi connectivity index (χ4n) is 3.77. The van der Waals surface area contributed by atoms with Crippen LogP contribution in [0.3, 0.4) is 0 Å². The van der Waals surface area contributed by atoms with E-state index in [1.54, 1.807) is 30.7 Å². The number of hydrogen-bond donors (Lipinski definition) is 0. The minimum Gasteiger partial charge on any atom is -0.497 e. The highest BCUT2D eigenvalue weighted by Crippen LogP contribution is 2.30. The summed E-state index contributed by atoms with van der Waals surface area (Å²) in [6.07, 6.45) is 6.55. The van der Waals surface area contributed by atoms with Gasteiger partial charge in [0.2, 0.25) is 0 Å². The predicted octanol–water partition coefficient (Wildman–Crippen LogP) is 3.84. The molecular weight excluding hydrogens is 376 g/mol. The maximum absolute atomic E-state index is 13.1. The van der Waals surface area contributed by atoms with E-state index in [1.807, 2.05) is 66.9 Å². The first-order chi connectivity index (χ1) is 14.5. The first-order valence-electron chi connectivity index (χ1n) is 9.86. The molecule has 0 unspecified atom stereocenters. The number of benzene rings is 2. The van der Waals surface area contributed by atoms with Crippen molar-refractivity contribution < 1.29 is 9.53 Å². The van der Waals surface area contributed by atoms with E-state index in [0.29, 0.717) is 18.5 Å². The van der Waals surface area contributed by atoms with E-state index < -0.39 is 0 Å². The number of hydrogen-bond acceptors (Lipinski definition) is 3. The van der Waals surface area contributed by atoms with Gasteiger partial charge in [-0.1, -0.05) is 36.4 Å². The molecule has 152 valence electrons. The van der Waals surface area contributed by atoms with Crippen LogP contribution >= 0.6 is 0 Å². The Labute approximate surface area is 175 Å². The Morgan fingerprint density at radius 1 is 1.13 bits per heavy atom. The molecule has 5 nitrogen and oxygen atoms in total. The molecule has 1 aliphatic carbocycles. The van der Waals surface area contributed by atoms with E-state index in [0.717, 1.165) is 33.6 Å². The minimum atomic E-state index is -0.0457. The van der Waals surface area contributed by atoms with Gasteiger partial charge < -0.3 is 14.2 Å². The van der Waals surface area contributed by atoms with Crippen molar-refractivity contribution in [1.82, 2.24) is 9.47 Å². The van der Waals surface area contributed by atoms with Gasteiger partial charge in [0.05, 0.1) is 13.7 Å². The second-order valence-corrected chi connectivity index (χ2v) is 7.60. The SMILES string of the molecule is COc1ccc(Cn2cc(-c3cccc(C(=O)N(C)C)c3)c3c(c2=O)CC=C3)cc1. The number of methoxy groups -OCH3 is 1. The number of aromatic nitrogens is 1. The van der Waals surface area contributed by atoms with Crippen molar-refractivity contribution in [3.8, 4) is 16.9 Å². The van der Waals surface area contributed by atoms with Gasteiger partial charge in [0.15, 0.2) is 0 Å². The summed E-state index contributed by atoms with van der Waals surface area (Å²) in [4.78, 5) is 27.1. The molecular formula is C25H24N2O3. The minimum absolute atomic E-state index is 0.0232. The van der Waals surface area contributed by atoms with E-state index in [4.69, 9.17) is 4.74 Å². The number of rotatable bonds is 5. The highest BCUT2D eigenvalue weighted by molar-refractivity contribution is 5.95. The van der Waals surface area contributed by atoms with Crippen LogP contribution in [-0.4, -0.2) is 36.6 Å². The van der Waals surface area contributed by atoms with Gasteiger partial charge in [0.25, 0.3) is 11.5 Å². The molecule has 0 spiro atoms. The van der Waals surface area contributed by atoms with Gasteiger partial charge in [-0.2, -0.15) is 0 Å². The predicted molar refractivity (Wildman–Crippen MR) is 119 cm³/mol. The quantitative estimate of drug-likeness (QED) is 0.654. The number of carbonyl (C=O) groups excluding carboxylic acids is 1. The number of nitrogens with zero attached hydrogens (tertiary/aromatic N) is 2. The summed E-state index contributed by atoms with van der Waals surface area (Å²) in [5, 5.41) is 0. The second-order valence-electron chi connectivity index (χ2n) is 7.60. The van der Waals surface area contributed by atoms with Gasteiger partial charge in [-0.25, -0.2) is 0 Å². The van der Waals surface area contributed by atoms with Crippen LogP contribution < -0.4 is 10.3 Å². The Morgan fingerprint density at radius 2 is 1.90 bits per heavy atom. The van der Waals surface area contributed by atoms with Crippen molar-refractivity contribution in [2.45, 2.75) is 13.0 Å². The third kappa shape index (κ3) is 3.66. The van der Waals surface area contributed by atoms with E-state index in [9.17, 15) is 9.59 Å². The number of ether oxygens (including phenoxy) is 1. The van der Waals surface area contributed by atoms with Gasteiger partial charge in [0, 0.05) is 37.0 Å². The van der Waals surface area contributed by atoms with Crippen LogP contribution in [0.1, 0.15) is 27.0 Å². The molecule has 1 amide bonds. The van der Waals surface area contributed by atoms with Crippen LogP contribution in [-0.2, 0) is 13.0 Å². The summed E-state index contributed by atoms with van der Waals surface area (Å²) in [6, 6.07) is 15.3. The molecule has 2 aromatic carbocycles. The molecule has 0 atom stereocenters. The zero-order valence-corrected chi connectivity index (χ0v) is 17.4. The average molecular weight is 400 g/mol.